The summed E-state index contributed by atoms with van der Waals surface area (Å²) in [7, 11) is 0. The first-order valence-corrected chi connectivity index (χ1v) is 9.72. The molecule has 4 nitrogen and oxygen atoms in total. The molecule has 0 radical (unpaired) electrons. The number of piperidine rings is 1. The Kier molecular flexibility index (Phi) is 4.65. The van der Waals surface area contributed by atoms with Crippen LogP contribution in [0.15, 0.2) is 54.9 Å². The van der Waals surface area contributed by atoms with Crippen LogP contribution in [0.4, 0.5) is 0 Å². The van der Waals surface area contributed by atoms with Gasteiger partial charge in [-0.1, -0.05) is 11.6 Å². The first kappa shape index (κ1) is 17.7. The number of nitrogens with zero attached hydrogens (tertiary/aromatic N) is 3. The fraction of sp³-hybridized carbons (Fsp3) is 0.348. The zero-order valence-electron chi connectivity index (χ0n) is 16.4. The maximum Gasteiger partial charge on any atom is 0.255 e. The van der Waals surface area contributed by atoms with E-state index in [0.29, 0.717) is 6.04 Å². The number of hydrogen-bond acceptors (Lipinski definition) is 1. The van der Waals surface area contributed by atoms with Gasteiger partial charge < -0.3 is 14.0 Å². The molecule has 4 rings (SSSR count). The minimum Gasteiger partial charge on any atom is -0.351 e. The zero-order valence-corrected chi connectivity index (χ0v) is 16.4. The second kappa shape index (κ2) is 7.10. The molecule has 0 unspecified atom stereocenters. The highest BCUT2D eigenvalue weighted by molar-refractivity contribution is 5.98. The molecule has 0 bridgehead atoms. The second-order valence-electron chi connectivity index (χ2n) is 7.63. The second-order valence-corrected chi connectivity index (χ2v) is 7.63. The van der Waals surface area contributed by atoms with Crippen molar-refractivity contribution in [2.24, 2.45) is 0 Å². The quantitative estimate of drug-likeness (QED) is 0.666. The van der Waals surface area contributed by atoms with Crippen LogP contribution in [-0.4, -0.2) is 33.0 Å². The van der Waals surface area contributed by atoms with E-state index in [1.54, 1.807) is 0 Å². The summed E-state index contributed by atoms with van der Waals surface area (Å²) in [6, 6.07) is 15.0. The van der Waals surface area contributed by atoms with Crippen molar-refractivity contribution in [3.63, 3.8) is 0 Å². The van der Waals surface area contributed by atoms with Crippen molar-refractivity contribution in [2.75, 3.05) is 13.1 Å². The van der Waals surface area contributed by atoms with Crippen molar-refractivity contribution < 1.29 is 4.79 Å². The zero-order chi connectivity index (χ0) is 19.0. The van der Waals surface area contributed by atoms with Gasteiger partial charge in [-0.2, -0.15) is 0 Å². The van der Waals surface area contributed by atoms with E-state index >= 15 is 0 Å². The molecule has 0 N–H and O–H groups in total. The van der Waals surface area contributed by atoms with Crippen molar-refractivity contribution in [3.05, 3.63) is 77.4 Å². The number of likely N-dealkylation sites (tertiary alicyclic amines) is 1. The highest BCUT2D eigenvalue weighted by Crippen LogP contribution is 2.27. The highest BCUT2D eigenvalue weighted by atomic mass is 16.2. The number of benzene rings is 1. The minimum atomic E-state index is 0.146. The smallest absolute Gasteiger partial charge is 0.255 e. The normalized spacial score (nSPS) is 15.3. The van der Waals surface area contributed by atoms with Gasteiger partial charge in [0.2, 0.25) is 0 Å². The molecule has 140 valence electrons. The molecule has 4 heteroatoms. The van der Waals surface area contributed by atoms with Gasteiger partial charge in [0.15, 0.2) is 0 Å². The molecule has 1 aliphatic rings. The Morgan fingerprint density at radius 1 is 0.926 bits per heavy atom. The van der Waals surface area contributed by atoms with Gasteiger partial charge in [-0.3, -0.25) is 4.79 Å². The van der Waals surface area contributed by atoms with E-state index in [9.17, 15) is 4.79 Å². The number of carbonyl (C=O) groups is 1. The third-order valence-electron chi connectivity index (χ3n) is 5.70. The molecule has 0 atom stereocenters. The van der Waals surface area contributed by atoms with Crippen LogP contribution in [0.5, 0.6) is 0 Å². The lowest BCUT2D eigenvalue weighted by Gasteiger charge is -2.33. The summed E-state index contributed by atoms with van der Waals surface area (Å²) in [4.78, 5) is 15.4. The Hall–Kier alpha value is -2.75. The van der Waals surface area contributed by atoms with Crippen molar-refractivity contribution in [1.82, 2.24) is 14.0 Å². The van der Waals surface area contributed by atoms with E-state index in [2.05, 4.69) is 71.8 Å². The summed E-state index contributed by atoms with van der Waals surface area (Å²) in [5, 5.41) is 0. The lowest BCUT2D eigenvalue weighted by molar-refractivity contribution is 0.0694. The van der Waals surface area contributed by atoms with E-state index < -0.39 is 0 Å². The van der Waals surface area contributed by atoms with Crippen LogP contribution in [0.2, 0.25) is 0 Å². The first-order chi connectivity index (χ1) is 13.0. The molecule has 0 aliphatic carbocycles. The molecule has 0 saturated carbocycles. The number of rotatable bonds is 3. The maximum absolute atomic E-state index is 13.4. The molecular formula is C23H27N3O. The Bertz CT molecular complexity index is 925. The summed E-state index contributed by atoms with van der Waals surface area (Å²) >= 11 is 0. The average molecular weight is 361 g/mol. The van der Waals surface area contributed by atoms with Crippen LogP contribution in [0.1, 0.15) is 46.2 Å². The van der Waals surface area contributed by atoms with E-state index in [1.165, 1.54) is 0 Å². The standard InChI is InChI=1S/C23H27N3O/c1-17-6-9-22(26-18(2)7-8-19(26)3)21(16-17)23(27)25-14-10-20(11-15-25)24-12-4-5-13-24/h4-9,12-13,16,20H,10-11,14-15H2,1-3H3. The Balaban J connectivity index is 1.60. The van der Waals surface area contributed by atoms with Crippen LogP contribution < -0.4 is 0 Å². The molecule has 1 fully saturated rings. The van der Waals surface area contributed by atoms with Gasteiger partial charge in [-0.25, -0.2) is 0 Å². The predicted molar refractivity (Wildman–Crippen MR) is 109 cm³/mol. The number of hydrogen-bond donors (Lipinski definition) is 0. The van der Waals surface area contributed by atoms with Crippen molar-refractivity contribution in [3.8, 4) is 5.69 Å². The van der Waals surface area contributed by atoms with E-state index in [1.807, 2.05) is 17.9 Å². The third-order valence-corrected chi connectivity index (χ3v) is 5.70. The maximum atomic E-state index is 13.4. The fourth-order valence-electron chi connectivity index (χ4n) is 4.19. The SMILES string of the molecule is Cc1ccc(-n2c(C)ccc2C)c(C(=O)N2CCC(n3cccc3)CC2)c1. The van der Waals surface area contributed by atoms with E-state index in [0.717, 1.165) is 54.1 Å². The number of carbonyl (C=O) groups excluding carboxylic acids is 1. The summed E-state index contributed by atoms with van der Waals surface area (Å²) < 4.78 is 4.45. The van der Waals surface area contributed by atoms with Crippen LogP contribution in [0.25, 0.3) is 5.69 Å². The first-order valence-electron chi connectivity index (χ1n) is 9.72. The van der Waals surface area contributed by atoms with Crippen LogP contribution >= 0.6 is 0 Å². The number of amides is 1. The van der Waals surface area contributed by atoms with Crippen LogP contribution in [0.3, 0.4) is 0 Å². The predicted octanol–water partition coefficient (Wildman–Crippen LogP) is 4.68. The van der Waals surface area contributed by atoms with Gasteiger partial charge in [-0.15, -0.1) is 0 Å². The van der Waals surface area contributed by atoms with Gasteiger partial charge in [0, 0.05) is 42.9 Å². The van der Waals surface area contributed by atoms with Gasteiger partial charge in [-0.05, 0) is 70.0 Å². The van der Waals surface area contributed by atoms with Crippen molar-refractivity contribution in [1.29, 1.82) is 0 Å². The Morgan fingerprint density at radius 3 is 2.19 bits per heavy atom. The number of aryl methyl sites for hydroxylation is 3. The minimum absolute atomic E-state index is 0.146. The van der Waals surface area contributed by atoms with Gasteiger partial charge >= 0.3 is 0 Å². The lowest BCUT2D eigenvalue weighted by atomic mass is 10.0. The van der Waals surface area contributed by atoms with Crippen molar-refractivity contribution >= 4 is 5.91 Å². The largest absolute Gasteiger partial charge is 0.351 e. The molecule has 1 aliphatic heterocycles. The summed E-state index contributed by atoms with van der Waals surface area (Å²) in [5.41, 5.74) is 5.20. The van der Waals surface area contributed by atoms with Gasteiger partial charge in [0.25, 0.3) is 5.91 Å². The lowest BCUT2D eigenvalue weighted by Crippen LogP contribution is -2.39. The molecule has 1 aromatic carbocycles. The summed E-state index contributed by atoms with van der Waals surface area (Å²) in [5.74, 6) is 0.146. The summed E-state index contributed by atoms with van der Waals surface area (Å²) in [6.45, 7) is 7.83. The molecule has 2 aromatic heterocycles. The van der Waals surface area contributed by atoms with E-state index in [4.69, 9.17) is 0 Å². The molecule has 3 heterocycles. The highest BCUT2D eigenvalue weighted by Gasteiger charge is 2.26. The van der Waals surface area contributed by atoms with Crippen molar-refractivity contribution in [2.45, 2.75) is 39.7 Å². The van der Waals surface area contributed by atoms with Crippen LogP contribution in [-0.2, 0) is 0 Å². The molecule has 1 saturated heterocycles. The average Bonchev–Trinajstić information content (AvgIpc) is 3.32. The number of aromatic nitrogens is 2. The molecular weight excluding hydrogens is 334 g/mol. The topological polar surface area (TPSA) is 30.2 Å². The van der Waals surface area contributed by atoms with Gasteiger partial charge in [0.1, 0.15) is 0 Å². The Labute approximate surface area is 161 Å². The van der Waals surface area contributed by atoms with Crippen LogP contribution in [0, 0.1) is 20.8 Å². The van der Waals surface area contributed by atoms with E-state index in [-0.39, 0.29) is 5.91 Å². The van der Waals surface area contributed by atoms with Gasteiger partial charge in [0.05, 0.1) is 11.3 Å². The molecule has 27 heavy (non-hydrogen) atoms. The summed E-state index contributed by atoms with van der Waals surface area (Å²) in [6.07, 6.45) is 6.25. The Morgan fingerprint density at radius 2 is 1.56 bits per heavy atom. The third kappa shape index (κ3) is 3.32. The molecule has 0 spiro atoms. The monoisotopic (exact) mass is 361 g/mol. The molecule has 1 amide bonds. The molecule has 3 aromatic rings. The fourth-order valence-corrected chi connectivity index (χ4v) is 4.19.